The van der Waals surface area contributed by atoms with Gasteiger partial charge in [-0.3, -0.25) is 24.0 Å². The highest BCUT2D eigenvalue weighted by Gasteiger charge is 2.25. The largest absolute Gasteiger partial charge is 0.508 e. The first kappa shape index (κ1) is 67.4. The maximum absolute atomic E-state index is 12.3. The molecule has 0 fully saturated rings. The molecular formula is C67H87N5O8S. The number of aryl methyl sites for hydroxylation is 1. The summed E-state index contributed by atoms with van der Waals surface area (Å²) >= 11 is 1.62. The van der Waals surface area contributed by atoms with Crippen LogP contribution in [0.5, 0.6) is 11.5 Å². The van der Waals surface area contributed by atoms with E-state index in [1.165, 1.54) is 0 Å². The Morgan fingerprint density at radius 2 is 1.14 bits per heavy atom. The van der Waals surface area contributed by atoms with E-state index < -0.39 is 0 Å². The summed E-state index contributed by atoms with van der Waals surface area (Å²) in [6.07, 6.45) is 3.27. The van der Waals surface area contributed by atoms with E-state index >= 15 is 0 Å². The number of nitrogen functional groups attached to an aromatic ring is 1. The van der Waals surface area contributed by atoms with E-state index in [1.807, 2.05) is 169 Å². The number of aromatic hydroxyl groups is 1. The van der Waals surface area contributed by atoms with E-state index in [1.54, 1.807) is 55.0 Å². The molecule has 0 bridgehead atoms. The minimum absolute atomic E-state index is 0. The molecule has 14 heteroatoms. The molecule has 0 atom stereocenters. The van der Waals surface area contributed by atoms with E-state index in [-0.39, 0.29) is 78.7 Å². The second-order valence-corrected chi connectivity index (χ2v) is 25.0. The van der Waals surface area contributed by atoms with Gasteiger partial charge in [0, 0.05) is 94.8 Å². The number of carbonyl (C=O) groups excluding carboxylic acids is 5. The molecule has 9 rings (SSSR count). The van der Waals surface area contributed by atoms with Gasteiger partial charge in [-0.2, -0.15) is 0 Å². The third kappa shape index (κ3) is 19.2. The molecule has 0 aliphatic carbocycles. The maximum atomic E-state index is 12.3. The van der Waals surface area contributed by atoms with E-state index in [0.717, 1.165) is 70.4 Å². The molecular weight excluding hydrogens is 1030 g/mol. The number of rotatable bonds is 11. The predicted octanol–water partition coefficient (Wildman–Crippen LogP) is 16.5. The number of aromatic nitrogens is 3. The number of aromatic amines is 2. The van der Waals surface area contributed by atoms with E-state index in [0.29, 0.717) is 48.5 Å². The number of fused-ring (bicyclic) bond motifs is 4. The Morgan fingerprint density at radius 3 is 1.70 bits per heavy atom. The van der Waals surface area contributed by atoms with Crippen LogP contribution in [-0.2, 0) is 44.9 Å². The van der Waals surface area contributed by atoms with Crippen LogP contribution in [0.2, 0.25) is 0 Å². The van der Waals surface area contributed by atoms with Crippen LogP contribution in [0.4, 0.5) is 11.5 Å². The summed E-state index contributed by atoms with van der Waals surface area (Å²) in [6.45, 7) is 25.1. The number of amides is 1. The fraction of sp³-hybridized carbons (Fsp3) is 0.373. The number of methoxy groups -OCH3 is 1. The Bertz CT molecular complexity index is 3500. The lowest BCUT2D eigenvalue weighted by molar-refractivity contribution is -0.126. The van der Waals surface area contributed by atoms with Crippen molar-refractivity contribution >= 4 is 94.7 Å². The Morgan fingerprint density at radius 1 is 0.593 bits per heavy atom. The zero-order valence-corrected chi connectivity index (χ0v) is 48.4. The number of hydrogen-bond donors (Lipinski definition) is 5. The number of phenolic OH excluding ortho intramolecular Hbond substituents is 1. The van der Waals surface area contributed by atoms with Crippen molar-refractivity contribution in [2.75, 3.05) is 18.2 Å². The molecule has 5 heterocycles. The number of hydrogen-bond acceptors (Lipinski definition) is 11. The summed E-state index contributed by atoms with van der Waals surface area (Å²) in [5.74, 6) is 2.90. The summed E-state index contributed by atoms with van der Waals surface area (Å²) < 4.78 is 11.9. The van der Waals surface area contributed by atoms with Crippen molar-refractivity contribution in [2.45, 2.75) is 138 Å². The summed E-state index contributed by atoms with van der Waals surface area (Å²) in [6, 6.07) is 33.6. The number of ether oxygens (including phenoxy) is 1. The minimum Gasteiger partial charge on any atom is -0.508 e. The number of nitrogens with one attached hydrogen (secondary N) is 3. The highest BCUT2D eigenvalue weighted by Crippen LogP contribution is 2.31. The number of pyridine rings is 1. The lowest BCUT2D eigenvalue weighted by atomic mass is 9.88. The number of carbonyl (C=O) groups is 5. The molecule has 0 radical (unpaired) electrons. The van der Waals surface area contributed by atoms with Gasteiger partial charge in [-0.05, 0) is 109 Å². The average Bonchev–Trinajstić information content (AvgIpc) is 4.18. The molecule has 0 saturated carbocycles. The zero-order chi connectivity index (χ0) is 57.5. The number of ketones is 4. The fourth-order valence-corrected chi connectivity index (χ4v) is 8.68. The second kappa shape index (κ2) is 27.6. The molecule has 0 spiro atoms. The van der Waals surface area contributed by atoms with Crippen LogP contribution in [-0.4, -0.2) is 56.2 Å². The molecule has 4 aromatic carbocycles. The standard InChI is InChI=1S/C21H23N3O2.C15H19NO2.C14H17NO2.C14H16O2S.3CH4/c1-13-5-7-14(8-6-13)20(26)24-19-10-15-9-16(23-17(15)12-22-19)11-18(25)21(2,3)4;1-15(2,3)14(17)9-11-7-10-8-12(18-4)5-6-13(10)16-11;2*1-14(2,3)13(16)8-11-7-9-6-10(15)4-5-12(9)17-11;;;/h5-10,12,23H,11H2,1-4H3,(H,22,24,26);5-8,16H,9H2,1-4H3;4-7H,8,15H2,1-3H3;4-7,15H,8H2,1-3H3;3*1H4. The number of phenols is 1. The van der Waals surface area contributed by atoms with Gasteiger partial charge < -0.3 is 35.3 Å². The molecule has 1 amide bonds. The summed E-state index contributed by atoms with van der Waals surface area (Å²) in [5, 5.41) is 16.1. The lowest BCUT2D eigenvalue weighted by Crippen LogP contribution is -2.22. The molecule has 6 N–H and O–H groups in total. The van der Waals surface area contributed by atoms with Gasteiger partial charge in [0.2, 0.25) is 0 Å². The maximum Gasteiger partial charge on any atom is 0.256 e. The third-order valence-electron chi connectivity index (χ3n) is 12.9. The van der Waals surface area contributed by atoms with Crippen molar-refractivity contribution in [1.29, 1.82) is 0 Å². The fourth-order valence-electron chi connectivity index (χ4n) is 7.64. The highest BCUT2D eigenvalue weighted by molar-refractivity contribution is 7.19. The minimum atomic E-state index is -0.372. The first-order chi connectivity index (χ1) is 36.3. The first-order valence-electron chi connectivity index (χ1n) is 26.0. The Labute approximate surface area is 483 Å². The molecule has 13 nitrogen and oxygen atoms in total. The number of anilines is 2. The smallest absolute Gasteiger partial charge is 0.256 e. The van der Waals surface area contributed by atoms with Gasteiger partial charge in [-0.25, -0.2) is 4.98 Å². The summed E-state index contributed by atoms with van der Waals surface area (Å²) in [7, 11) is 1.65. The first-order valence-corrected chi connectivity index (χ1v) is 26.8. The zero-order valence-electron chi connectivity index (χ0n) is 47.5. The van der Waals surface area contributed by atoms with E-state index in [4.69, 9.17) is 14.9 Å². The van der Waals surface area contributed by atoms with E-state index in [9.17, 15) is 29.1 Å². The number of nitrogens with zero attached hydrogens (tertiary/aromatic N) is 1. The highest BCUT2D eigenvalue weighted by atomic mass is 32.1. The number of furan rings is 1. The van der Waals surface area contributed by atoms with Crippen molar-refractivity contribution < 1.29 is 38.2 Å². The normalized spacial score (nSPS) is 11.3. The van der Waals surface area contributed by atoms with Crippen LogP contribution in [0.3, 0.4) is 0 Å². The molecule has 0 aliphatic heterocycles. The van der Waals surface area contributed by atoms with Gasteiger partial charge in [0.15, 0.2) is 0 Å². The molecule has 0 unspecified atom stereocenters. The van der Waals surface area contributed by atoms with Crippen LogP contribution in [0.15, 0.2) is 120 Å². The molecule has 9 aromatic rings. The van der Waals surface area contributed by atoms with Crippen LogP contribution in [0, 0.1) is 28.6 Å². The van der Waals surface area contributed by atoms with Crippen LogP contribution in [0.25, 0.3) is 42.9 Å². The number of Topliss-reactive ketones (excluding diaryl/α,β-unsaturated/α-hetero) is 4. The topological polar surface area (TPSA) is 210 Å². The van der Waals surface area contributed by atoms with Crippen molar-refractivity contribution in [1.82, 2.24) is 15.0 Å². The number of nitrogens with two attached hydrogens (primary N) is 1. The van der Waals surface area contributed by atoms with Crippen LogP contribution >= 0.6 is 11.3 Å². The number of benzene rings is 4. The van der Waals surface area contributed by atoms with Crippen molar-refractivity contribution in [3.63, 3.8) is 0 Å². The molecule has 0 saturated heterocycles. The summed E-state index contributed by atoms with van der Waals surface area (Å²) in [5.41, 5.74) is 11.2. The SMILES string of the molecule is C.C.C.CC(C)(C)C(=O)Cc1cc2cc(N)ccc2o1.CC(C)(C)C(=O)Cc1cc2cc(O)ccc2s1.COc1ccc2[nH]c(CC(=O)C(C)(C)C)cc2c1.Cc1ccc(C(=O)Nc2cc3cc(CC(=O)C(C)(C)C)[nH]c3cn2)cc1. The van der Waals surface area contributed by atoms with Gasteiger partial charge in [0.1, 0.15) is 51.8 Å². The molecule has 434 valence electrons. The van der Waals surface area contributed by atoms with Crippen molar-refractivity contribution in [2.24, 2.45) is 21.7 Å². The van der Waals surface area contributed by atoms with Gasteiger partial charge in [0.05, 0.1) is 25.2 Å². The average molecular weight is 1120 g/mol. The predicted molar refractivity (Wildman–Crippen MR) is 337 cm³/mol. The van der Waals surface area contributed by atoms with Gasteiger partial charge in [0.25, 0.3) is 5.91 Å². The van der Waals surface area contributed by atoms with Gasteiger partial charge >= 0.3 is 0 Å². The lowest BCUT2D eigenvalue weighted by Gasteiger charge is -2.15. The number of thiophene rings is 1. The van der Waals surface area contributed by atoms with Crippen molar-refractivity contribution in [3.05, 3.63) is 149 Å². The van der Waals surface area contributed by atoms with E-state index in [2.05, 4.69) is 20.3 Å². The Hall–Kier alpha value is -7.84. The van der Waals surface area contributed by atoms with Gasteiger partial charge in [-0.1, -0.05) is 123 Å². The summed E-state index contributed by atoms with van der Waals surface area (Å²) in [4.78, 5) is 72.2. The Kier molecular flexibility index (Phi) is 22.9. The van der Waals surface area contributed by atoms with Crippen LogP contribution in [0.1, 0.15) is 143 Å². The van der Waals surface area contributed by atoms with Gasteiger partial charge in [-0.15, -0.1) is 11.3 Å². The molecule has 0 aliphatic rings. The monoisotopic (exact) mass is 1120 g/mol. The molecule has 81 heavy (non-hydrogen) atoms. The molecule has 5 aromatic heterocycles. The quantitative estimate of drug-likeness (QED) is 0.0774. The second-order valence-electron chi connectivity index (χ2n) is 23.9. The third-order valence-corrected chi connectivity index (χ3v) is 14.0. The van der Waals surface area contributed by atoms with Crippen molar-refractivity contribution in [3.8, 4) is 11.5 Å². The number of H-pyrrole nitrogens is 2. The Balaban J connectivity index is 0.000000285. The van der Waals surface area contributed by atoms with Crippen LogP contribution < -0.4 is 15.8 Å².